The number of hydrogen-bond acceptors (Lipinski definition) is 9. The number of anilines is 3. The minimum absolute atomic E-state index is 0.0413. The van der Waals surface area contributed by atoms with E-state index in [-0.39, 0.29) is 29.5 Å². The topological polar surface area (TPSA) is 151 Å². The van der Waals surface area contributed by atoms with Crippen molar-refractivity contribution in [1.29, 1.82) is 0 Å². The summed E-state index contributed by atoms with van der Waals surface area (Å²) in [5.74, 6) is 0.743. The molecule has 5 rings (SSSR count). The van der Waals surface area contributed by atoms with E-state index in [0.29, 0.717) is 53.2 Å². The fourth-order valence-electron chi connectivity index (χ4n) is 4.20. The van der Waals surface area contributed by atoms with Crippen LogP contribution in [0.2, 0.25) is 0 Å². The first-order valence-electron chi connectivity index (χ1n) is 11.8. The van der Waals surface area contributed by atoms with Gasteiger partial charge in [-0.05, 0) is 44.7 Å². The molecule has 12 nitrogen and oxygen atoms in total. The summed E-state index contributed by atoms with van der Waals surface area (Å²) in [5.41, 5.74) is 1.23. The van der Waals surface area contributed by atoms with Crippen LogP contribution in [-0.2, 0) is 25.4 Å². The zero-order valence-corrected chi connectivity index (χ0v) is 21.7. The lowest BCUT2D eigenvalue weighted by molar-refractivity contribution is -0.117. The summed E-state index contributed by atoms with van der Waals surface area (Å²) in [4.78, 5) is 34.7. The predicted octanol–water partition coefficient (Wildman–Crippen LogP) is 1.89. The number of sulfonamides is 1. The molecule has 1 aliphatic heterocycles. The number of aryl methyl sites for hydroxylation is 1. The molecule has 3 aromatic rings. The first kappa shape index (κ1) is 24.6. The number of nitrogens with one attached hydrogen (secondary N) is 3. The molecule has 2 aliphatic rings. The van der Waals surface area contributed by atoms with Crippen molar-refractivity contribution in [1.82, 2.24) is 24.3 Å². The van der Waals surface area contributed by atoms with E-state index in [9.17, 15) is 18.0 Å². The maximum atomic E-state index is 12.8. The molecule has 1 saturated heterocycles. The van der Waals surface area contributed by atoms with Crippen LogP contribution in [0.1, 0.15) is 43.2 Å². The van der Waals surface area contributed by atoms with Crippen LogP contribution >= 0.6 is 11.3 Å². The molecule has 2 amide bonds. The second-order valence-electron chi connectivity index (χ2n) is 9.20. The normalized spacial score (nSPS) is 16.9. The van der Waals surface area contributed by atoms with Gasteiger partial charge in [-0.25, -0.2) is 18.1 Å². The molecule has 192 valence electrons. The van der Waals surface area contributed by atoms with Crippen LogP contribution in [-0.4, -0.2) is 58.9 Å². The molecule has 14 heteroatoms. The van der Waals surface area contributed by atoms with Crippen molar-refractivity contribution in [3.63, 3.8) is 0 Å². The lowest BCUT2D eigenvalue weighted by atomic mass is 10.1. The van der Waals surface area contributed by atoms with Gasteiger partial charge >= 0.3 is 0 Å². The van der Waals surface area contributed by atoms with Crippen LogP contribution in [0.15, 0.2) is 18.2 Å². The summed E-state index contributed by atoms with van der Waals surface area (Å²) >= 11 is 1.17. The first-order valence-corrected chi connectivity index (χ1v) is 14.3. The van der Waals surface area contributed by atoms with Gasteiger partial charge in [0.25, 0.3) is 0 Å². The minimum Gasteiger partial charge on any atom is -0.356 e. The Morgan fingerprint density at radius 3 is 2.56 bits per heavy atom. The van der Waals surface area contributed by atoms with E-state index in [1.165, 1.54) is 18.3 Å². The van der Waals surface area contributed by atoms with Gasteiger partial charge in [0, 0.05) is 36.9 Å². The molecule has 3 aromatic heterocycles. The summed E-state index contributed by atoms with van der Waals surface area (Å²) in [6.07, 6.45) is 3.08. The third kappa shape index (κ3) is 5.65. The Morgan fingerprint density at radius 1 is 1.11 bits per heavy atom. The quantitative estimate of drug-likeness (QED) is 0.398. The summed E-state index contributed by atoms with van der Waals surface area (Å²) in [6, 6.07) is 5.49. The highest BCUT2D eigenvalue weighted by Gasteiger charge is 2.31. The van der Waals surface area contributed by atoms with Crippen molar-refractivity contribution < 1.29 is 18.0 Å². The highest BCUT2D eigenvalue weighted by molar-refractivity contribution is 7.88. The summed E-state index contributed by atoms with van der Waals surface area (Å²) in [5, 5.41) is 10.3. The minimum atomic E-state index is -3.58. The van der Waals surface area contributed by atoms with E-state index < -0.39 is 10.0 Å². The Morgan fingerprint density at radius 2 is 1.86 bits per heavy atom. The van der Waals surface area contributed by atoms with Gasteiger partial charge in [0.15, 0.2) is 10.8 Å². The molecule has 0 bridgehead atoms. The lowest BCUT2D eigenvalue weighted by Gasteiger charge is -2.33. The van der Waals surface area contributed by atoms with Gasteiger partial charge in [-0.15, -0.1) is 16.4 Å². The van der Waals surface area contributed by atoms with E-state index in [2.05, 4.69) is 35.3 Å². The maximum absolute atomic E-state index is 12.8. The van der Waals surface area contributed by atoms with E-state index >= 15 is 0 Å². The number of hydrogen-bond donors (Lipinski definition) is 3. The van der Waals surface area contributed by atoms with Gasteiger partial charge in [-0.2, -0.15) is 9.50 Å². The number of amides is 2. The van der Waals surface area contributed by atoms with Crippen LogP contribution in [0, 0.1) is 12.8 Å². The first-order chi connectivity index (χ1) is 17.2. The average Bonchev–Trinajstić information content (AvgIpc) is 3.50. The van der Waals surface area contributed by atoms with Crippen LogP contribution in [0.5, 0.6) is 0 Å². The van der Waals surface area contributed by atoms with Crippen LogP contribution in [0.25, 0.3) is 5.65 Å². The third-order valence-corrected chi connectivity index (χ3v) is 8.80. The Balaban J connectivity index is 1.20. The Labute approximate surface area is 212 Å². The Bertz CT molecular complexity index is 1400. The fraction of sp³-hybridized carbons (Fsp3) is 0.500. The number of carbonyl (C=O) groups excluding carboxylic acids is 2. The zero-order valence-electron chi connectivity index (χ0n) is 20.0. The Kier molecular flexibility index (Phi) is 6.66. The van der Waals surface area contributed by atoms with Crippen molar-refractivity contribution in [2.24, 2.45) is 5.92 Å². The number of pyridine rings is 1. The van der Waals surface area contributed by atoms with Crippen LogP contribution in [0.3, 0.4) is 0 Å². The summed E-state index contributed by atoms with van der Waals surface area (Å²) < 4.78 is 30.2. The van der Waals surface area contributed by atoms with E-state index in [4.69, 9.17) is 0 Å². The second kappa shape index (κ2) is 9.75. The van der Waals surface area contributed by atoms with Crippen molar-refractivity contribution in [2.45, 2.75) is 51.3 Å². The Hall–Kier alpha value is -3.10. The monoisotopic (exact) mass is 532 g/mol. The number of piperidine rings is 1. The molecule has 2 fully saturated rings. The molecular weight excluding hydrogens is 504 g/mol. The van der Waals surface area contributed by atoms with Gasteiger partial charge in [0.2, 0.25) is 27.8 Å². The van der Waals surface area contributed by atoms with E-state index in [1.807, 2.05) is 18.2 Å². The van der Waals surface area contributed by atoms with Gasteiger partial charge in [-0.1, -0.05) is 6.07 Å². The smallest absolute Gasteiger partial charge is 0.249 e. The van der Waals surface area contributed by atoms with Gasteiger partial charge in [0.05, 0.1) is 5.69 Å². The van der Waals surface area contributed by atoms with Crippen LogP contribution < -0.4 is 20.3 Å². The molecule has 3 N–H and O–H groups in total. The number of nitrogens with zero attached hydrogens (tertiary/aromatic N) is 5. The molecule has 36 heavy (non-hydrogen) atoms. The van der Waals surface area contributed by atoms with Gasteiger partial charge in [-0.3, -0.25) is 14.9 Å². The number of aromatic nitrogens is 4. The van der Waals surface area contributed by atoms with Crippen LogP contribution in [0.4, 0.5) is 16.9 Å². The molecular formula is C22H28N8O4S2. The molecule has 1 saturated carbocycles. The maximum Gasteiger partial charge on any atom is 0.249 e. The predicted molar refractivity (Wildman–Crippen MR) is 136 cm³/mol. The SMILES string of the molecule is CC(=O)Nc1nc(C)c(CS(=O)(=O)NC2CCN(c3cccc4nc(NC(=O)C5CC5)nn34)CC2)s1. The van der Waals surface area contributed by atoms with Crippen molar-refractivity contribution >= 4 is 55.7 Å². The highest BCUT2D eigenvalue weighted by atomic mass is 32.2. The van der Waals surface area contributed by atoms with Gasteiger partial charge in [0.1, 0.15) is 11.6 Å². The average molecular weight is 533 g/mol. The molecule has 4 heterocycles. The third-order valence-electron chi connectivity index (χ3n) is 6.18. The number of thiazole rings is 1. The molecule has 0 aromatic carbocycles. The second-order valence-corrected chi connectivity index (χ2v) is 12.0. The molecule has 0 unspecified atom stereocenters. The number of rotatable bonds is 8. The summed E-state index contributed by atoms with van der Waals surface area (Å²) in [7, 11) is -3.58. The molecule has 0 radical (unpaired) electrons. The van der Waals surface area contributed by atoms with Crippen molar-refractivity contribution in [2.75, 3.05) is 28.6 Å². The van der Waals surface area contributed by atoms with E-state index in [0.717, 1.165) is 18.7 Å². The fourth-order valence-corrected chi connectivity index (χ4v) is 7.09. The zero-order chi connectivity index (χ0) is 25.4. The summed E-state index contributed by atoms with van der Waals surface area (Å²) in [6.45, 7) is 4.40. The van der Waals surface area contributed by atoms with Crippen molar-refractivity contribution in [3.8, 4) is 0 Å². The standard InChI is InChI=1S/C22H28N8O4S2/c1-13-17(35-22(23-13)24-14(2)31)12-36(33,34)28-16-8-10-29(11-9-16)19-5-3-4-18-25-21(27-30(18)19)26-20(32)15-6-7-15/h3-5,15-16,28H,6-12H2,1-2H3,(H,23,24,31)(H,26,27,32). The lowest BCUT2D eigenvalue weighted by Crippen LogP contribution is -2.45. The molecule has 0 spiro atoms. The van der Waals surface area contributed by atoms with Crippen molar-refractivity contribution in [3.05, 3.63) is 28.8 Å². The highest BCUT2D eigenvalue weighted by Crippen LogP contribution is 2.30. The van der Waals surface area contributed by atoms with Gasteiger partial charge < -0.3 is 10.2 Å². The molecule has 1 aliphatic carbocycles. The van der Waals surface area contributed by atoms with E-state index in [1.54, 1.807) is 11.4 Å². The largest absolute Gasteiger partial charge is 0.356 e. The number of fused-ring (bicyclic) bond motifs is 1. The number of carbonyl (C=O) groups is 2. The molecule has 0 atom stereocenters.